The van der Waals surface area contributed by atoms with E-state index in [1.54, 1.807) is 17.3 Å². The van der Waals surface area contributed by atoms with E-state index in [9.17, 15) is 13.6 Å². The highest BCUT2D eigenvalue weighted by Gasteiger charge is 2.34. The monoisotopic (exact) mass is 348 g/mol. The molecule has 1 amide bonds. The van der Waals surface area contributed by atoms with Crippen molar-refractivity contribution in [1.29, 1.82) is 0 Å². The van der Waals surface area contributed by atoms with Gasteiger partial charge in [-0.2, -0.15) is 5.10 Å². The maximum absolute atomic E-state index is 13.4. The molecule has 25 heavy (non-hydrogen) atoms. The number of halogens is 2. The second-order valence-corrected chi connectivity index (χ2v) is 6.79. The summed E-state index contributed by atoms with van der Waals surface area (Å²) in [6.45, 7) is 5.00. The molecule has 0 radical (unpaired) electrons. The van der Waals surface area contributed by atoms with Crippen LogP contribution in [0.4, 0.5) is 8.78 Å². The number of aromatic nitrogens is 3. The van der Waals surface area contributed by atoms with Crippen molar-refractivity contribution >= 4 is 5.91 Å². The summed E-state index contributed by atoms with van der Waals surface area (Å²) >= 11 is 0. The van der Waals surface area contributed by atoms with Crippen LogP contribution in [0.15, 0.2) is 30.7 Å². The first-order valence-electron chi connectivity index (χ1n) is 8.53. The summed E-state index contributed by atoms with van der Waals surface area (Å²) in [6.07, 6.45) is 3.59. The van der Waals surface area contributed by atoms with Gasteiger partial charge in [0, 0.05) is 31.7 Å². The van der Waals surface area contributed by atoms with E-state index in [4.69, 9.17) is 0 Å². The Bertz CT molecular complexity index is 730. The lowest BCUT2D eigenvalue weighted by atomic mass is 10.1. The van der Waals surface area contributed by atoms with Crippen molar-refractivity contribution < 1.29 is 13.6 Å². The third kappa shape index (κ3) is 3.70. The van der Waals surface area contributed by atoms with Gasteiger partial charge >= 0.3 is 0 Å². The van der Waals surface area contributed by atoms with E-state index < -0.39 is 12.3 Å². The maximum Gasteiger partial charge on any atom is 0.275 e. The minimum absolute atomic E-state index is 0.115. The number of nitrogens with zero attached hydrogens (tertiary/aromatic N) is 4. The fourth-order valence-corrected chi connectivity index (χ4v) is 3.31. The average Bonchev–Trinajstić information content (AvgIpc) is 3.21. The summed E-state index contributed by atoms with van der Waals surface area (Å²) in [7, 11) is 0. The lowest BCUT2D eigenvalue weighted by Gasteiger charge is -2.24. The summed E-state index contributed by atoms with van der Waals surface area (Å²) in [5.41, 5.74) is 0.559. The Balaban J connectivity index is 1.90. The fraction of sp³-hybridized carbons (Fsp3) is 0.500. The van der Waals surface area contributed by atoms with Crippen molar-refractivity contribution in [3.05, 3.63) is 47.5 Å². The normalized spacial score (nSPS) is 17.7. The van der Waals surface area contributed by atoms with Gasteiger partial charge in [-0.3, -0.25) is 14.5 Å². The molecule has 1 saturated heterocycles. The molecule has 1 atom stereocenters. The predicted octanol–water partition coefficient (Wildman–Crippen LogP) is 3.85. The number of hydrogen-bond acceptors (Lipinski definition) is 3. The van der Waals surface area contributed by atoms with Crippen molar-refractivity contribution in [3.8, 4) is 0 Å². The highest BCUT2D eigenvalue weighted by Crippen LogP contribution is 2.34. The van der Waals surface area contributed by atoms with Gasteiger partial charge in [-0.05, 0) is 36.5 Å². The van der Waals surface area contributed by atoms with Crippen molar-refractivity contribution in [2.24, 2.45) is 5.92 Å². The SMILES string of the molecule is CC(C)Cn1cc(C(F)F)c(C(=O)N2CCC[C@H]2c2ccncc2)n1. The quantitative estimate of drug-likeness (QED) is 0.825. The lowest BCUT2D eigenvalue weighted by molar-refractivity contribution is 0.0717. The van der Waals surface area contributed by atoms with Gasteiger partial charge < -0.3 is 4.90 Å². The van der Waals surface area contributed by atoms with Crippen LogP contribution in [0.25, 0.3) is 0 Å². The molecule has 0 aliphatic carbocycles. The first-order chi connectivity index (χ1) is 12.0. The van der Waals surface area contributed by atoms with Crippen molar-refractivity contribution in [2.45, 2.75) is 45.7 Å². The highest BCUT2D eigenvalue weighted by molar-refractivity contribution is 5.94. The zero-order valence-electron chi connectivity index (χ0n) is 14.4. The summed E-state index contributed by atoms with van der Waals surface area (Å²) in [6, 6.07) is 3.61. The third-order valence-electron chi connectivity index (χ3n) is 4.38. The van der Waals surface area contributed by atoms with E-state index >= 15 is 0 Å². The molecule has 0 spiro atoms. The topological polar surface area (TPSA) is 51.0 Å². The molecule has 7 heteroatoms. The molecule has 2 aromatic rings. The van der Waals surface area contributed by atoms with Gasteiger partial charge in [0.2, 0.25) is 0 Å². The van der Waals surface area contributed by atoms with Crippen LogP contribution in [-0.2, 0) is 6.54 Å². The molecule has 5 nitrogen and oxygen atoms in total. The highest BCUT2D eigenvalue weighted by atomic mass is 19.3. The van der Waals surface area contributed by atoms with Gasteiger partial charge in [0.05, 0.1) is 11.6 Å². The van der Waals surface area contributed by atoms with Crippen molar-refractivity contribution in [3.63, 3.8) is 0 Å². The molecule has 1 aliphatic rings. The first kappa shape index (κ1) is 17.5. The fourth-order valence-electron chi connectivity index (χ4n) is 3.31. The number of alkyl halides is 2. The molecule has 3 rings (SSSR count). The molecule has 0 aromatic carbocycles. The van der Waals surface area contributed by atoms with Gasteiger partial charge in [-0.1, -0.05) is 13.8 Å². The molecular weight excluding hydrogens is 326 g/mol. The number of amides is 1. The maximum atomic E-state index is 13.4. The van der Waals surface area contributed by atoms with Crippen molar-refractivity contribution in [2.75, 3.05) is 6.54 Å². The second-order valence-electron chi connectivity index (χ2n) is 6.79. The van der Waals surface area contributed by atoms with Gasteiger partial charge in [0.25, 0.3) is 12.3 Å². The summed E-state index contributed by atoms with van der Waals surface area (Å²) < 4.78 is 28.3. The second kappa shape index (κ2) is 7.29. The summed E-state index contributed by atoms with van der Waals surface area (Å²) in [5, 5.41) is 4.18. The Morgan fingerprint density at radius 3 is 2.68 bits per heavy atom. The molecule has 3 heterocycles. The van der Waals surface area contributed by atoms with Crippen LogP contribution in [0.1, 0.15) is 60.8 Å². The number of likely N-dealkylation sites (tertiary alicyclic amines) is 1. The van der Waals surface area contributed by atoms with Crippen LogP contribution in [-0.4, -0.2) is 32.1 Å². The number of carbonyl (C=O) groups excluding carboxylic acids is 1. The van der Waals surface area contributed by atoms with E-state index in [2.05, 4.69) is 10.1 Å². The molecule has 134 valence electrons. The van der Waals surface area contributed by atoms with E-state index in [0.717, 1.165) is 18.4 Å². The van der Waals surface area contributed by atoms with Gasteiger partial charge in [-0.25, -0.2) is 8.78 Å². The lowest BCUT2D eigenvalue weighted by Crippen LogP contribution is -2.31. The van der Waals surface area contributed by atoms with E-state index in [0.29, 0.717) is 13.1 Å². The van der Waals surface area contributed by atoms with Crippen LogP contribution in [0.3, 0.4) is 0 Å². The van der Waals surface area contributed by atoms with E-state index in [1.165, 1.54) is 10.9 Å². The number of hydrogen-bond donors (Lipinski definition) is 0. The number of pyridine rings is 1. The third-order valence-corrected chi connectivity index (χ3v) is 4.38. The number of carbonyl (C=O) groups is 1. The molecular formula is C18H22F2N4O. The zero-order valence-corrected chi connectivity index (χ0v) is 14.4. The van der Waals surface area contributed by atoms with Crippen LogP contribution >= 0.6 is 0 Å². The molecule has 0 unspecified atom stereocenters. The van der Waals surface area contributed by atoms with Crippen LogP contribution in [0, 0.1) is 5.92 Å². The van der Waals surface area contributed by atoms with Gasteiger partial charge in [-0.15, -0.1) is 0 Å². The number of rotatable bonds is 5. The van der Waals surface area contributed by atoms with Crippen LogP contribution in [0.5, 0.6) is 0 Å². The van der Waals surface area contributed by atoms with Gasteiger partial charge in [0.1, 0.15) is 0 Å². The molecule has 1 aliphatic heterocycles. The molecule has 1 fully saturated rings. The smallest absolute Gasteiger partial charge is 0.275 e. The Hall–Kier alpha value is -2.31. The molecule has 0 saturated carbocycles. The summed E-state index contributed by atoms with van der Waals surface area (Å²) in [4.78, 5) is 18.6. The molecule has 0 N–H and O–H groups in total. The minimum atomic E-state index is -2.72. The van der Waals surface area contributed by atoms with Crippen molar-refractivity contribution in [1.82, 2.24) is 19.7 Å². The Morgan fingerprint density at radius 2 is 2.04 bits per heavy atom. The largest absolute Gasteiger partial charge is 0.330 e. The predicted molar refractivity (Wildman–Crippen MR) is 89.3 cm³/mol. The Labute approximate surface area is 145 Å². The standard InChI is InChI=1S/C18H22F2N4O/c1-12(2)10-23-11-14(17(19)20)16(22-23)18(25)24-9-3-4-15(24)13-5-7-21-8-6-13/h5-8,11-12,15,17H,3-4,9-10H2,1-2H3/t15-/m0/s1. The Morgan fingerprint density at radius 1 is 1.32 bits per heavy atom. The van der Waals surface area contributed by atoms with Crippen LogP contribution < -0.4 is 0 Å². The zero-order chi connectivity index (χ0) is 18.0. The first-order valence-corrected chi connectivity index (χ1v) is 8.53. The minimum Gasteiger partial charge on any atom is -0.330 e. The van der Waals surface area contributed by atoms with E-state index in [-0.39, 0.29) is 23.2 Å². The van der Waals surface area contributed by atoms with Crippen LogP contribution in [0.2, 0.25) is 0 Å². The Kier molecular flexibility index (Phi) is 5.11. The summed E-state index contributed by atoms with van der Waals surface area (Å²) in [5.74, 6) is -0.165. The average molecular weight is 348 g/mol. The van der Waals surface area contributed by atoms with E-state index in [1.807, 2.05) is 26.0 Å². The molecule has 2 aromatic heterocycles. The van der Waals surface area contributed by atoms with Gasteiger partial charge in [0.15, 0.2) is 5.69 Å². The molecule has 0 bridgehead atoms.